The Bertz CT molecular complexity index is 1010. The van der Waals surface area contributed by atoms with Crippen LogP contribution in [0.3, 0.4) is 0 Å². The number of benzene rings is 2. The van der Waals surface area contributed by atoms with Crippen LogP contribution in [0.2, 0.25) is 0 Å². The lowest BCUT2D eigenvalue weighted by Gasteiger charge is -2.12. The number of nitrogens with one attached hydrogen (secondary N) is 1. The molecule has 0 aliphatic heterocycles. The van der Waals surface area contributed by atoms with Gasteiger partial charge in [0, 0.05) is 16.7 Å². The first-order valence-corrected chi connectivity index (χ1v) is 10.8. The van der Waals surface area contributed by atoms with E-state index in [0.29, 0.717) is 31.4 Å². The number of carboxylic acids is 1. The number of carboxylic acid groups (broad SMARTS) is 1. The summed E-state index contributed by atoms with van der Waals surface area (Å²) in [5.41, 5.74) is 0.551. The van der Waals surface area contributed by atoms with Gasteiger partial charge in [-0.2, -0.15) is 0 Å². The number of hydrogen-bond acceptors (Lipinski definition) is 4. The van der Waals surface area contributed by atoms with Gasteiger partial charge in [0.25, 0.3) is 5.91 Å². The van der Waals surface area contributed by atoms with E-state index in [0.717, 1.165) is 21.4 Å². The number of ether oxygens (including phenoxy) is 1. The van der Waals surface area contributed by atoms with Crippen LogP contribution >= 0.6 is 11.3 Å². The number of amides is 1. The molecule has 1 heterocycles. The lowest BCUT2D eigenvalue weighted by molar-refractivity contribution is -0.137. The lowest BCUT2D eigenvalue weighted by Crippen LogP contribution is -2.27. The summed E-state index contributed by atoms with van der Waals surface area (Å²) in [7, 11) is 0. The van der Waals surface area contributed by atoms with E-state index in [4.69, 9.17) is 9.84 Å². The zero-order valence-corrected chi connectivity index (χ0v) is 17.5. The van der Waals surface area contributed by atoms with E-state index >= 15 is 0 Å². The highest BCUT2D eigenvalue weighted by atomic mass is 32.1. The summed E-state index contributed by atoms with van der Waals surface area (Å²) in [5.74, 6) is -0.231. The molecule has 0 atom stereocenters. The maximum absolute atomic E-state index is 12.7. The van der Waals surface area contributed by atoms with Crippen molar-refractivity contribution in [2.24, 2.45) is 0 Å². The van der Waals surface area contributed by atoms with Crippen molar-refractivity contribution in [2.45, 2.75) is 32.2 Å². The number of unbranched alkanes of at least 4 members (excludes halogenated alkanes) is 2. The minimum atomic E-state index is -0.799. The normalized spacial score (nSPS) is 11.4. The zero-order chi connectivity index (χ0) is 21.2. The smallest absolute Gasteiger partial charge is 0.303 e. The highest BCUT2D eigenvalue weighted by Gasteiger charge is 2.12. The average molecular weight is 424 g/mol. The number of aliphatic carboxylic acids is 1. The number of thiophene rings is 1. The van der Waals surface area contributed by atoms with Crippen LogP contribution in [0, 0.1) is 0 Å². The van der Waals surface area contributed by atoms with Crippen LogP contribution in [-0.2, 0) is 16.1 Å². The molecule has 156 valence electrons. The van der Waals surface area contributed by atoms with E-state index in [2.05, 4.69) is 5.32 Å². The number of fused-ring (bicyclic) bond motifs is 1. The summed E-state index contributed by atoms with van der Waals surface area (Å²) in [4.78, 5) is 24.5. The van der Waals surface area contributed by atoms with Gasteiger partial charge in [-0.25, -0.2) is 0 Å². The molecular weight excluding hydrogens is 398 g/mol. The fourth-order valence-corrected chi connectivity index (χ4v) is 3.73. The first-order chi connectivity index (χ1) is 14.6. The molecule has 0 unspecified atom stereocenters. The topological polar surface area (TPSA) is 75.6 Å². The Labute approximate surface area is 180 Å². The van der Waals surface area contributed by atoms with Gasteiger partial charge in [0.2, 0.25) is 0 Å². The molecule has 30 heavy (non-hydrogen) atoms. The van der Waals surface area contributed by atoms with E-state index in [9.17, 15) is 9.59 Å². The molecule has 0 radical (unpaired) electrons. The number of allylic oxidation sites excluding steroid dienone is 1. The van der Waals surface area contributed by atoms with Crippen molar-refractivity contribution in [3.05, 3.63) is 76.5 Å². The van der Waals surface area contributed by atoms with E-state index < -0.39 is 5.97 Å². The highest BCUT2D eigenvalue weighted by molar-refractivity contribution is 7.09. The second-order valence-corrected chi connectivity index (χ2v) is 7.93. The number of rotatable bonds is 11. The second kappa shape index (κ2) is 11.2. The summed E-state index contributed by atoms with van der Waals surface area (Å²) in [6, 6.07) is 17.7. The predicted molar refractivity (Wildman–Crippen MR) is 120 cm³/mol. The minimum Gasteiger partial charge on any atom is -0.488 e. The molecule has 0 aliphatic rings. The van der Waals surface area contributed by atoms with E-state index in [1.54, 1.807) is 11.3 Å². The zero-order valence-electron chi connectivity index (χ0n) is 16.7. The Hall–Kier alpha value is -3.12. The van der Waals surface area contributed by atoms with Gasteiger partial charge in [-0.05, 0) is 42.2 Å². The fourth-order valence-electron chi connectivity index (χ4n) is 3.09. The van der Waals surface area contributed by atoms with Crippen LogP contribution in [-0.4, -0.2) is 23.6 Å². The van der Waals surface area contributed by atoms with Crippen LogP contribution in [0.15, 0.2) is 71.6 Å². The monoisotopic (exact) mass is 423 g/mol. The molecule has 0 saturated carbocycles. The highest BCUT2D eigenvalue weighted by Crippen LogP contribution is 2.25. The van der Waals surface area contributed by atoms with Crippen molar-refractivity contribution in [1.29, 1.82) is 0 Å². The lowest BCUT2D eigenvalue weighted by atomic mass is 10.1. The maximum atomic E-state index is 12.7. The largest absolute Gasteiger partial charge is 0.488 e. The predicted octanol–water partition coefficient (Wildman–Crippen LogP) is 5.17. The first kappa shape index (κ1) is 21.6. The molecule has 0 bridgehead atoms. The van der Waals surface area contributed by atoms with Crippen LogP contribution < -0.4 is 10.1 Å². The molecule has 0 saturated heterocycles. The van der Waals surface area contributed by atoms with Gasteiger partial charge in [-0.1, -0.05) is 48.5 Å². The Morgan fingerprint density at radius 2 is 1.87 bits per heavy atom. The fraction of sp³-hybridized carbons (Fsp3) is 0.250. The molecular formula is C24H25NO4S. The molecule has 0 fully saturated rings. The molecule has 6 heteroatoms. The third-order valence-electron chi connectivity index (χ3n) is 4.66. The van der Waals surface area contributed by atoms with Gasteiger partial charge in [0.05, 0.1) is 12.1 Å². The van der Waals surface area contributed by atoms with Crippen molar-refractivity contribution in [3.63, 3.8) is 0 Å². The Kier molecular flexibility index (Phi) is 8.03. The van der Waals surface area contributed by atoms with Crippen molar-refractivity contribution < 1.29 is 19.4 Å². The van der Waals surface area contributed by atoms with Crippen molar-refractivity contribution in [2.75, 3.05) is 6.61 Å². The SMILES string of the molecule is O=C(O)CCCC/C=C(\COc1cccc2ccccc12)C(=O)NCc1cccs1. The number of carbonyl (C=O) groups is 2. The van der Waals surface area contributed by atoms with E-state index in [1.807, 2.05) is 66.1 Å². The Morgan fingerprint density at radius 1 is 1.03 bits per heavy atom. The average Bonchev–Trinajstić information content (AvgIpc) is 3.27. The maximum Gasteiger partial charge on any atom is 0.303 e. The van der Waals surface area contributed by atoms with Gasteiger partial charge in [-0.15, -0.1) is 11.3 Å². The summed E-state index contributed by atoms with van der Waals surface area (Å²) < 4.78 is 6.01. The van der Waals surface area contributed by atoms with Gasteiger partial charge in [0.15, 0.2) is 0 Å². The Morgan fingerprint density at radius 3 is 2.67 bits per heavy atom. The molecule has 2 N–H and O–H groups in total. The van der Waals surface area contributed by atoms with Gasteiger partial charge < -0.3 is 15.2 Å². The molecule has 0 aliphatic carbocycles. The van der Waals surface area contributed by atoms with Gasteiger partial charge in [-0.3, -0.25) is 9.59 Å². The summed E-state index contributed by atoms with van der Waals surface area (Å²) in [6.45, 7) is 0.629. The minimum absolute atomic E-state index is 0.139. The molecule has 5 nitrogen and oxygen atoms in total. The van der Waals surface area contributed by atoms with Crippen LogP contribution in [0.1, 0.15) is 30.6 Å². The third kappa shape index (κ3) is 6.46. The van der Waals surface area contributed by atoms with Crippen LogP contribution in [0.4, 0.5) is 0 Å². The Balaban J connectivity index is 1.65. The third-order valence-corrected chi connectivity index (χ3v) is 5.54. The van der Waals surface area contributed by atoms with E-state index in [-0.39, 0.29) is 18.9 Å². The summed E-state index contributed by atoms with van der Waals surface area (Å²) >= 11 is 1.59. The molecule has 1 amide bonds. The molecule has 2 aromatic carbocycles. The van der Waals surface area contributed by atoms with Crippen LogP contribution in [0.5, 0.6) is 5.75 Å². The molecule has 3 aromatic rings. The molecule has 0 spiro atoms. The quantitative estimate of drug-likeness (QED) is 0.330. The number of hydrogen-bond donors (Lipinski definition) is 2. The molecule has 1 aromatic heterocycles. The van der Waals surface area contributed by atoms with Gasteiger partial charge in [0.1, 0.15) is 12.4 Å². The first-order valence-electron chi connectivity index (χ1n) is 9.95. The van der Waals surface area contributed by atoms with Crippen LogP contribution in [0.25, 0.3) is 10.8 Å². The van der Waals surface area contributed by atoms with Crippen molar-refractivity contribution in [3.8, 4) is 5.75 Å². The van der Waals surface area contributed by atoms with Crippen molar-refractivity contribution >= 4 is 34.0 Å². The summed E-state index contributed by atoms with van der Waals surface area (Å²) in [5, 5.41) is 15.8. The number of carbonyl (C=O) groups excluding carboxylic acids is 1. The van der Waals surface area contributed by atoms with Crippen molar-refractivity contribution in [1.82, 2.24) is 5.32 Å². The van der Waals surface area contributed by atoms with E-state index in [1.165, 1.54) is 0 Å². The molecule has 3 rings (SSSR count). The summed E-state index contributed by atoms with van der Waals surface area (Å²) in [6.07, 6.45) is 3.92. The van der Waals surface area contributed by atoms with Gasteiger partial charge >= 0.3 is 5.97 Å². The standard InChI is InChI=1S/C24H25NO4S/c26-23(27)14-3-1-2-9-19(24(28)25-16-20-11-7-15-30-20)17-29-22-13-6-10-18-8-4-5-12-21(18)22/h4-13,15H,1-3,14,16-17H2,(H,25,28)(H,26,27)/b19-9+. The second-order valence-electron chi connectivity index (χ2n) is 6.90.